The third-order valence-corrected chi connectivity index (χ3v) is 11.2. The molecule has 1 fully saturated rings. The number of carbonyl (C=O) groups excluding carboxylic acids is 1. The van der Waals surface area contributed by atoms with E-state index in [0.717, 1.165) is 57.8 Å². The van der Waals surface area contributed by atoms with E-state index in [9.17, 15) is 34.7 Å². The second kappa shape index (κ2) is 29.8. The van der Waals surface area contributed by atoms with Gasteiger partial charge in [-0.1, -0.05) is 121 Å². The number of aliphatic hydroxyl groups is 4. The van der Waals surface area contributed by atoms with Crippen LogP contribution in [-0.4, -0.2) is 107 Å². The number of nitrogens with one attached hydrogen (secondary N) is 1. The highest BCUT2D eigenvalue weighted by atomic mass is 31.2. The van der Waals surface area contributed by atoms with Gasteiger partial charge in [-0.25, -0.2) is 4.57 Å². The number of nitrogens with zero attached hydrogens (tertiary/aromatic N) is 1. The van der Waals surface area contributed by atoms with Crippen molar-refractivity contribution >= 4 is 13.7 Å². The number of phosphoric ester groups is 1. The van der Waals surface area contributed by atoms with Gasteiger partial charge < -0.3 is 35.1 Å². The summed E-state index contributed by atoms with van der Waals surface area (Å²) in [6, 6.07) is -0.940. The van der Waals surface area contributed by atoms with Crippen LogP contribution in [0.2, 0.25) is 0 Å². The maximum absolute atomic E-state index is 12.9. The number of unbranched alkanes of at least 4 members (excludes halogenated alkanes) is 12. The number of allylic oxidation sites excluding steroid dienone is 3. The standard InChI is InChI=1S/C42H79N2O9P/c1-6-8-10-11-12-13-14-15-16-17-18-23-27-39(46)38(34-53-54(50,51)52-32-31-44(3,4)5)43-42(49)28-24-20-19-22-26-36-37(41(48)33-40(36)47)30-29-35(45)25-21-9-7-2/h15-16,23,27,29-30,35-41,45-48H,6-14,17-22,24-26,28,31-34H2,1-5H3,(H-,43,49,50,51)/p+1/b16-15-,27-23+,30-29+/t35-,36+,37+,38-,39+,40-,41+/m0/s1. The SMILES string of the molecule is CCCCCCCC/C=C\CC/C=C/[C@@H](O)[C@H](COP(=O)(O)OCC[N+](C)(C)C)NC(=O)CCCCCC[C@@H]1[C@@H](/C=C/[C@@H](O)CCCCC)[C@H](O)C[C@@H]1O. The maximum Gasteiger partial charge on any atom is 0.472 e. The first kappa shape index (κ1) is 50.6. The second-order valence-corrected chi connectivity index (χ2v) is 17.8. The van der Waals surface area contributed by atoms with E-state index in [-0.39, 0.29) is 30.8 Å². The van der Waals surface area contributed by atoms with Crippen LogP contribution in [0.3, 0.4) is 0 Å². The lowest BCUT2D eigenvalue weighted by atomic mass is 9.88. The zero-order chi connectivity index (χ0) is 40.2. The number of hydrogen-bond donors (Lipinski definition) is 6. The molecule has 0 spiro atoms. The molecule has 0 radical (unpaired) electrons. The van der Waals surface area contributed by atoms with Crippen LogP contribution in [0.15, 0.2) is 36.5 Å². The number of rotatable bonds is 33. The van der Waals surface area contributed by atoms with E-state index in [1.807, 2.05) is 33.3 Å². The maximum atomic E-state index is 12.9. The summed E-state index contributed by atoms with van der Waals surface area (Å²) >= 11 is 0. The molecular weight excluding hydrogens is 707 g/mol. The minimum Gasteiger partial charge on any atom is -0.393 e. The predicted octanol–water partition coefficient (Wildman–Crippen LogP) is 7.51. The highest BCUT2D eigenvalue weighted by molar-refractivity contribution is 7.47. The van der Waals surface area contributed by atoms with Gasteiger partial charge in [-0.05, 0) is 50.9 Å². The zero-order valence-electron chi connectivity index (χ0n) is 34.5. The summed E-state index contributed by atoms with van der Waals surface area (Å²) in [5, 5.41) is 45.2. The van der Waals surface area contributed by atoms with Crippen molar-refractivity contribution in [1.29, 1.82) is 0 Å². The summed E-state index contributed by atoms with van der Waals surface area (Å²) in [7, 11) is 1.42. The molecule has 1 unspecified atom stereocenters. The van der Waals surface area contributed by atoms with Crippen LogP contribution < -0.4 is 5.32 Å². The van der Waals surface area contributed by atoms with E-state index in [1.54, 1.807) is 12.2 Å². The van der Waals surface area contributed by atoms with Crippen molar-refractivity contribution in [1.82, 2.24) is 5.32 Å². The fourth-order valence-corrected chi connectivity index (χ4v) is 7.48. The van der Waals surface area contributed by atoms with Gasteiger partial charge >= 0.3 is 7.82 Å². The topological polar surface area (TPSA) is 166 Å². The van der Waals surface area contributed by atoms with Crippen LogP contribution >= 0.6 is 7.82 Å². The van der Waals surface area contributed by atoms with Crippen molar-refractivity contribution in [2.45, 2.75) is 173 Å². The highest BCUT2D eigenvalue weighted by Crippen LogP contribution is 2.43. The third-order valence-electron chi connectivity index (χ3n) is 10.2. The summed E-state index contributed by atoms with van der Waals surface area (Å²) in [5.41, 5.74) is 0. The molecule has 1 rings (SSSR count). The van der Waals surface area contributed by atoms with Gasteiger partial charge in [0.1, 0.15) is 13.2 Å². The van der Waals surface area contributed by atoms with E-state index in [4.69, 9.17) is 9.05 Å². The predicted molar refractivity (Wildman–Crippen MR) is 219 cm³/mol. The molecule has 54 heavy (non-hydrogen) atoms. The molecule has 316 valence electrons. The van der Waals surface area contributed by atoms with E-state index < -0.39 is 44.9 Å². The summed E-state index contributed by atoms with van der Waals surface area (Å²) in [4.78, 5) is 23.2. The van der Waals surface area contributed by atoms with Crippen LogP contribution in [0, 0.1) is 11.8 Å². The van der Waals surface area contributed by atoms with Gasteiger partial charge in [-0.3, -0.25) is 13.8 Å². The molecule has 0 bridgehead atoms. The Morgan fingerprint density at radius 1 is 0.815 bits per heavy atom. The summed E-state index contributed by atoms with van der Waals surface area (Å²) < 4.78 is 23.5. The molecule has 6 N–H and O–H groups in total. The molecule has 0 heterocycles. The van der Waals surface area contributed by atoms with Crippen LogP contribution in [0.25, 0.3) is 0 Å². The molecule has 12 heteroatoms. The molecule has 0 aromatic rings. The molecule has 11 nitrogen and oxygen atoms in total. The first-order valence-electron chi connectivity index (χ1n) is 21.1. The van der Waals surface area contributed by atoms with E-state index in [2.05, 4.69) is 31.3 Å². The Hall–Kier alpha value is -1.40. The quantitative estimate of drug-likeness (QED) is 0.0171. The van der Waals surface area contributed by atoms with Gasteiger partial charge in [0.05, 0.1) is 58.2 Å². The molecule has 0 aromatic heterocycles. The molecule has 0 aromatic carbocycles. The van der Waals surface area contributed by atoms with Gasteiger partial charge in [-0.2, -0.15) is 0 Å². The summed E-state index contributed by atoms with van der Waals surface area (Å²) in [6.07, 6.45) is 27.1. The third kappa shape index (κ3) is 25.7. The van der Waals surface area contributed by atoms with Crippen LogP contribution in [0.4, 0.5) is 0 Å². The van der Waals surface area contributed by atoms with Crippen molar-refractivity contribution in [3.05, 3.63) is 36.5 Å². The first-order chi connectivity index (χ1) is 25.7. The van der Waals surface area contributed by atoms with Gasteiger partial charge in [0.25, 0.3) is 0 Å². The smallest absolute Gasteiger partial charge is 0.393 e. The lowest BCUT2D eigenvalue weighted by Crippen LogP contribution is -2.45. The van der Waals surface area contributed by atoms with Crippen molar-refractivity contribution < 1.29 is 48.2 Å². The normalized spacial score (nSPS) is 22.3. The Morgan fingerprint density at radius 2 is 1.44 bits per heavy atom. The summed E-state index contributed by atoms with van der Waals surface area (Å²) in [5.74, 6) is -0.544. The number of likely N-dealkylation sites (N-methyl/N-ethyl adjacent to an activating group) is 1. The van der Waals surface area contributed by atoms with Crippen molar-refractivity contribution in [2.24, 2.45) is 11.8 Å². The number of amides is 1. The highest BCUT2D eigenvalue weighted by Gasteiger charge is 2.39. The fourth-order valence-electron chi connectivity index (χ4n) is 6.74. The van der Waals surface area contributed by atoms with Crippen LogP contribution in [0.1, 0.15) is 142 Å². The number of hydrogen-bond acceptors (Lipinski definition) is 8. The zero-order valence-corrected chi connectivity index (χ0v) is 35.4. The fraction of sp³-hybridized carbons (Fsp3) is 0.833. The Bertz CT molecular complexity index is 1100. The Labute approximate surface area is 328 Å². The monoisotopic (exact) mass is 788 g/mol. The van der Waals surface area contributed by atoms with E-state index in [0.29, 0.717) is 36.7 Å². The van der Waals surface area contributed by atoms with Gasteiger partial charge in [-0.15, -0.1) is 0 Å². The number of quaternary nitrogens is 1. The lowest BCUT2D eigenvalue weighted by molar-refractivity contribution is -0.870. The van der Waals surface area contributed by atoms with Gasteiger partial charge in [0, 0.05) is 18.8 Å². The van der Waals surface area contributed by atoms with Crippen molar-refractivity contribution in [3.63, 3.8) is 0 Å². The Kier molecular flexibility index (Phi) is 27.9. The first-order valence-corrected chi connectivity index (χ1v) is 22.6. The molecule has 1 aliphatic carbocycles. The van der Waals surface area contributed by atoms with Gasteiger partial charge in [0.15, 0.2) is 0 Å². The molecule has 0 aliphatic heterocycles. The minimum absolute atomic E-state index is 0.0169. The lowest BCUT2D eigenvalue weighted by Gasteiger charge is -2.25. The van der Waals surface area contributed by atoms with Gasteiger partial charge in [0.2, 0.25) is 5.91 Å². The van der Waals surface area contributed by atoms with E-state index >= 15 is 0 Å². The number of aliphatic hydroxyl groups excluding tert-OH is 4. The molecule has 0 saturated heterocycles. The molecule has 1 aliphatic rings. The largest absolute Gasteiger partial charge is 0.472 e. The molecule has 8 atom stereocenters. The second-order valence-electron chi connectivity index (χ2n) is 16.3. The Morgan fingerprint density at radius 3 is 2.17 bits per heavy atom. The minimum atomic E-state index is -4.40. The number of carbonyl (C=O) groups is 1. The van der Waals surface area contributed by atoms with Crippen LogP contribution in [-0.2, 0) is 18.4 Å². The number of phosphoric acid groups is 1. The average Bonchev–Trinajstić information content (AvgIpc) is 3.37. The molecular formula is C42H80N2O9P+. The molecule has 1 amide bonds. The summed E-state index contributed by atoms with van der Waals surface area (Å²) in [6.45, 7) is 4.47. The van der Waals surface area contributed by atoms with Crippen LogP contribution in [0.5, 0.6) is 0 Å². The average molecular weight is 788 g/mol. The Balaban J connectivity index is 2.59. The van der Waals surface area contributed by atoms with Crippen molar-refractivity contribution in [3.8, 4) is 0 Å². The van der Waals surface area contributed by atoms with E-state index in [1.165, 1.54) is 38.5 Å². The molecule has 1 saturated carbocycles. The van der Waals surface area contributed by atoms with Crippen molar-refractivity contribution in [2.75, 3.05) is 40.9 Å².